The number of esters is 1. The first-order chi connectivity index (χ1) is 17.7. The van der Waals surface area contributed by atoms with E-state index >= 15 is 0 Å². The van der Waals surface area contributed by atoms with E-state index in [4.69, 9.17) is 60.4 Å². The first-order valence-corrected chi connectivity index (χ1v) is 16.5. The number of rotatable bonds is 9. The Bertz CT molecular complexity index is 1060. The number of imide groups is 1. The normalized spacial score (nSPS) is 20.6. The van der Waals surface area contributed by atoms with Gasteiger partial charge in [-0.2, -0.15) is 0 Å². The van der Waals surface area contributed by atoms with Crippen LogP contribution in [0.15, 0.2) is 36.4 Å². The lowest BCUT2D eigenvalue weighted by molar-refractivity contribution is -0.133. The van der Waals surface area contributed by atoms with Crippen molar-refractivity contribution >= 4 is 83.0 Å². The van der Waals surface area contributed by atoms with Gasteiger partial charge in [0.2, 0.25) is 11.8 Å². The predicted molar refractivity (Wildman–Crippen MR) is 157 cm³/mol. The quantitative estimate of drug-likeness (QED) is 0.0777. The summed E-state index contributed by atoms with van der Waals surface area (Å²) in [5, 5.41) is 3.14. The SMILES string of the molecule is CCOP(=S)(NC(C)C)Oc1ccccc1C(=O)OC(C)C.O=C1C2CC=CCC2C(=O)N1SC(Cl)(Cl)Cl. The molecule has 1 saturated heterocycles. The Hall–Kier alpha value is -0.840. The molecule has 2 amide bonds. The van der Waals surface area contributed by atoms with Crippen LogP contribution in [0.2, 0.25) is 0 Å². The maximum absolute atomic E-state index is 12.2. The summed E-state index contributed by atoms with van der Waals surface area (Å²) in [7, 11) is 0. The number of amides is 2. The lowest BCUT2D eigenvalue weighted by Gasteiger charge is -2.26. The second kappa shape index (κ2) is 14.7. The Morgan fingerprint density at radius 1 is 1.13 bits per heavy atom. The zero-order valence-corrected chi connectivity index (χ0v) is 26.5. The number of halogens is 3. The van der Waals surface area contributed by atoms with E-state index in [1.165, 1.54) is 0 Å². The number of carbonyl (C=O) groups excluding carboxylic acids is 3. The van der Waals surface area contributed by atoms with Crippen LogP contribution in [0, 0.1) is 11.8 Å². The lowest BCUT2D eigenvalue weighted by atomic mass is 9.85. The Kier molecular flexibility index (Phi) is 12.9. The van der Waals surface area contributed by atoms with E-state index in [0.717, 1.165) is 4.31 Å². The van der Waals surface area contributed by atoms with Crippen LogP contribution in [0.25, 0.3) is 0 Å². The third kappa shape index (κ3) is 9.97. The molecule has 1 N–H and O–H groups in total. The zero-order chi connectivity index (χ0) is 28.7. The van der Waals surface area contributed by atoms with E-state index in [-0.39, 0.29) is 35.8 Å². The van der Waals surface area contributed by atoms with Gasteiger partial charge in [-0.25, -0.2) is 14.2 Å². The topological polar surface area (TPSA) is 94.2 Å². The summed E-state index contributed by atoms with van der Waals surface area (Å²) in [5.74, 6) is -1.13. The molecule has 8 nitrogen and oxygen atoms in total. The van der Waals surface area contributed by atoms with Crippen LogP contribution in [0.4, 0.5) is 0 Å². The van der Waals surface area contributed by atoms with Crippen LogP contribution in [0.1, 0.15) is 57.8 Å². The number of nitrogens with zero attached hydrogens (tertiary/aromatic N) is 1. The molecule has 38 heavy (non-hydrogen) atoms. The summed E-state index contributed by atoms with van der Waals surface area (Å²) in [5.41, 5.74) is 0.343. The summed E-state index contributed by atoms with van der Waals surface area (Å²) in [4.78, 5) is 36.0. The molecule has 2 aliphatic rings. The number of ether oxygens (including phenoxy) is 1. The van der Waals surface area contributed by atoms with Crippen molar-refractivity contribution in [3.05, 3.63) is 42.0 Å². The predicted octanol–water partition coefficient (Wildman–Crippen LogP) is 6.80. The van der Waals surface area contributed by atoms with Crippen LogP contribution >= 0.6 is 53.4 Å². The van der Waals surface area contributed by atoms with E-state index in [9.17, 15) is 14.4 Å². The second-order valence-electron chi connectivity index (χ2n) is 8.90. The zero-order valence-electron chi connectivity index (χ0n) is 21.7. The van der Waals surface area contributed by atoms with Crippen LogP contribution in [-0.4, -0.2) is 44.0 Å². The van der Waals surface area contributed by atoms with Crippen LogP contribution in [-0.2, 0) is 30.7 Å². The average Bonchev–Trinajstić information content (AvgIpc) is 3.03. The van der Waals surface area contributed by atoms with Gasteiger partial charge in [0.05, 0.1) is 24.5 Å². The van der Waals surface area contributed by atoms with E-state index in [1.54, 1.807) is 38.1 Å². The summed E-state index contributed by atoms with van der Waals surface area (Å²) < 4.78 is 16.0. The fraction of sp³-hybridized carbons (Fsp3) is 0.542. The van der Waals surface area contributed by atoms with Crippen LogP contribution in [0.3, 0.4) is 0 Å². The molecule has 1 aromatic rings. The van der Waals surface area contributed by atoms with Gasteiger partial charge in [-0.15, -0.1) is 0 Å². The van der Waals surface area contributed by atoms with Crippen molar-refractivity contribution in [2.75, 3.05) is 6.61 Å². The molecule has 0 radical (unpaired) electrons. The molecule has 0 saturated carbocycles. The molecule has 14 heteroatoms. The first kappa shape index (κ1) is 33.4. The smallest absolute Gasteiger partial charge is 0.342 e. The highest BCUT2D eigenvalue weighted by Crippen LogP contribution is 2.47. The lowest BCUT2D eigenvalue weighted by Crippen LogP contribution is -2.26. The average molecular weight is 646 g/mol. The van der Waals surface area contributed by atoms with Crippen molar-refractivity contribution in [2.45, 2.75) is 62.7 Å². The number of benzene rings is 1. The minimum absolute atomic E-state index is 0.104. The maximum Gasteiger partial charge on any atom is 0.342 e. The van der Waals surface area contributed by atoms with Crippen molar-refractivity contribution in [1.29, 1.82) is 0 Å². The number of hydrogen-bond acceptors (Lipinski definition) is 8. The fourth-order valence-corrected chi connectivity index (χ4v) is 7.70. The van der Waals surface area contributed by atoms with Gasteiger partial charge in [-0.1, -0.05) is 59.1 Å². The number of hydrogen-bond donors (Lipinski definition) is 1. The molecule has 1 aliphatic heterocycles. The molecule has 0 spiro atoms. The molecule has 1 heterocycles. The van der Waals surface area contributed by atoms with Crippen molar-refractivity contribution in [3.63, 3.8) is 0 Å². The van der Waals surface area contributed by atoms with Gasteiger partial charge in [-0.05, 0) is 71.4 Å². The molecule has 0 aromatic heterocycles. The number of alkyl halides is 3. The van der Waals surface area contributed by atoms with E-state index in [1.807, 2.05) is 32.9 Å². The standard InChI is InChI=1S/C15H24NO4PS.C9H8Cl3NO2S/c1-6-18-21(22,16-11(2)3)20-14-10-8-7-9-13(14)15(17)19-12(4)5;10-9(11,12)16-13-7(14)5-3-1-2-4-6(5)8(13)15/h7-12H,6H2,1-5H3,(H,16,22);1-2,5-6H,3-4H2. The summed E-state index contributed by atoms with van der Waals surface area (Å²) in [6.07, 6.45) is 4.80. The van der Waals surface area contributed by atoms with Crippen molar-refractivity contribution < 1.29 is 28.2 Å². The fourth-order valence-electron chi connectivity index (χ4n) is 3.66. The van der Waals surface area contributed by atoms with Gasteiger partial charge in [0.25, 0.3) is 3.12 Å². The van der Waals surface area contributed by atoms with Gasteiger partial charge >= 0.3 is 12.6 Å². The van der Waals surface area contributed by atoms with Crippen molar-refractivity contribution in [3.8, 4) is 5.75 Å². The van der Waals surface area contributed by atoms with E-state index < -0.39 is 15.7 Å². The van der Waals surface area contributed by atoms with Crippen LogP contribution in [0.5, 0.6) is 5.75 Å². The first-order valence-electron chi connectivity index (χ1n) is 12.0. The third-order valence-corrected chi connectivity index (χ3v) is 9.14. The van der Waals surface area contributed by atoms with Gasteiger partial charge in [0.15, 0.2) is 0 Å². The molecule has 3 unspecified atom stereocenters. The Labute approximate surface area is 248 Å². The minimum atomic E-state index is -2.72. The highest BCUT2D eigenvalue weighted by molar-refractivity contribution is 8.09. The van der Waals surface area contributed by atoms with Crippen molar-refractivity contribution in [2.24, 2.45) is 11.8 Å². The summed E-state index contributed by atoms with van der Waals surface area (Å²) >= 11 is 22.9. The molecule has 1 aliphatic carbocycles. The van der Waals surface area contributed by atoms with Gasteiger partial charge in [-0.3, -0.25) is 9.59 Å². The molecule has 1 fully saturated rings. The summed E-state index contributed by atoms with van der Waals surface area (Å²) in [6.45, 7) is 7.07. The molecule has 3 atom stereocenters. The number of fused-ring (bicyclic) bond motifs is 1. The molecular formula is C24H32Cl3N2O6PS2. The van der Waals surface area contributed by atoms with Gasteiger partial charge in [0.1, 0.15) is 11.3 Å². The van der Waals surface area contributed by atoms with E-state index in [2.05, 4.69) is 5.09 Å². The Morgan fingerprint density at radius 2 is 1.68 bits per heavy atom. The molecule has 212 valence electrons. The maximum atomic E-state index is 12.2. The van der Waals surface area contributed by atoms with Crippen LogP contribution < -0.4 is 9.61 Å². The molecule has 0 bridgehead atoms. The number of para-hydroxylation sites is 1. The largest absolute Gasteiger partial charge is 0.459 e. The highest BCUT2D eigenvalue weighted by Gasteiger charge is 2.49. The Morgan fingerprint density at radius 3 is 2.16 bits per heavy atom. The number of nitrogens with one attached hydrogen (secondary N) is 1. The number of allylic oxidation sites excluding steroid dienone is 2. The minimum Gasteiger partial charge on any atom is -0.459 e. The van der Waals surface area contributed by atoms with Gasteiger partial charge in [0, 0.05) is 18.0 Å². The van der Waals surface area contributed by atoms with Gasteiger partial charge < -0.3 is 13.8 Å². The Balaban J connectivity index is 0.000000279. The monoisotopic (exact) mass is 644 g/mol. The van der Waals surface area contributed by atoms with Crippen molar-refractivity contribution in [1.82, 2.24) is 9.39 Å². The second-order valence-corrected chi connectivity index (χ2v) is 16.2. The number of carbonyl (C=O) groups is 3. The molecular weight excluding hydrogens is 614 g/mol. The highest BCUT2D eigenvalue weighted by atomic mass is 35.6. The third-order valence-electron chi connectivity index (χ3n) is 5.05. The van der Waals surface area contributed by atoms with E-state index in [0.29, 0.717) is 42.7 Å². The summed E-state index contributed by atoms with van der Waals surface area (Å²) in [6, 6.07) is 6.99. The molecule has 3 rings (SSSR count). The molecule has 1 aromatic carbocycles.